The normalized spacial score (nSPS) is 23.1. The molecule has 0 spiro atoms. The number of aryl methyl sites for hydroxylation is 2. The van der Waals surface area contributed by atoms with Gasteiger partial charge in [0, 0.05) is 32.4 Å². The zero-order valence-electron chi connectivity index (χ0n) is 14.2. The Hall–Kier alpha value is -1.88. The van der Waals surface area contributed by atoms with E-state index in [-0.39, 0.29) is 12.5 Å². The summed E-state index contributed by atoms with van der Waals surface area (Å²) in [5, 5.41) is 9.72. The number of hydrogen-bond donors (Lipinski definition) is 1. The topological polar surface area (TPSA) is 66.8 Å². The number of carboxylic acids is 1. The molecule has 130 valence electrons. The molecule has 1 aromatic carbocycles. The number of benzene rings is 1. The van der Waals surface area contributed by atoms with Gasteiger partial charge in [-0.1, -0.05) is 6.07 Å². The van der Waals surface area contributed by atoms with Crippen LogP contribution in [0.3, 0.4) is 0 Å². The molecule has 0 saturated carbocycles. The third-order valence-electron chi connectivity index (χ3n) is 5.45. The van der Waals surface area contributed by atoms with Crippen LogP contribution in [0.1, 0.15) is 47.2 Å². The quantitative estimate of drug-likeness (QED) is 0.900. The number of carboxylic acid groups (broad SMARTS) is 1. The second-order valence-electron chi connectivity index (χ2n) is 7.00. The number of hydrogen-bond acceptors (Lipinski definition) is 3. The Labute approximate surface area is 142 Å². The van der Waals surface area contributed by atoms with Crippen molar-refractivity contribution in [2.75, 3.05) is 26.8 Å². The summed E-state index contributed by atoms with van der Waals surface area (Å²) in [6, 6.07) is 5.93. The van der Waals surface area contributed by atoms with Gasteiger partial charge in [0.15, 0.2) is 0 Å². The molecule has 1 unspecified atom stereocenters. The Bertz CT molecular complexity index is 642. The van der Waals surface area contributed by atoms with E-state index >= 15 is 0 Å². The first-order chi connectivity index (χ1) is 11.6. The number of piperidine rings is 1. The molecule has 1 atom stereocenters. The molecule has 24 heavy (non-hydrogen) atoms. The molecule has 0 bridgehead atoms. The summed E-state index contributed by atoms with van der Waals surface area (Å²) >= 11 is 0. The van der Waals surface area contributed by atoms with Gasteiger partial charge in [-0.2, -0.15) is 0 Å². The number of rotatable bonds is 5. The van der Waals surface area contributed by atoms with Crippen molar-refractivity contribution in [3.63, 3.8) is 0 Å². The summed E-state index contributed by atoms with van der Waals surface area (Å²) in [5.41, 5.74) is 2.40. The lowest BCUT2D eigenvalue weighted by Gasteiger charge is -2.40. The molecule has 1 aromatic rings. The molecule has 1 saturated heterocycles. The minimum absolute atomic E-state index is 0.0487. The van der Waals surface area contributed by atoms with Crippen molar-refractivity contribution in [2.24, 2.45) is 5.41 Å². The molecule has 1 N–H and O–H groups in total. The maximum atomic E-state index is 12.9. The Kier molecular flexibility index (Phi) is 4.90. The highest BCUT2D eigenvalue weighted by molar-refractivity contribution is 5.95. The van der Waals surface area contributed by atoms with Crippen molar-refractivity contribution in [1.82, 2.24) is 4.90 Å². The first-order valence-corrected chi connectivity index (χ1v) is 8.69. The van der Waals surface area contributed by atoms with Crippen LogP contribution in [0.5, 0.6) is 0 Å². The minimum atomic E-state index is -0.888. The van der Waals surface area contributed by atoms with Gasteiger partial charge in [-0.15, -0.1) is 0 Å². The van der Waals surface area contributed by atoms with Gasteiger partial charge in [-0.25, -0.2) is 0 Å². The standard InChI is InChI=1S/C19H25NO4/c1-24-11-9-19(18(22)23)8-3-10-20(13-19)17(21)16-7-6-14-4-2-5-15(14)12-16/h6-7,12H,2-5,8-11,13H2,1H3,(H,22,23). The zero-order chi connectivity index (χ0) is 17.2. The van der Waals surface area contributed by atoms with Crippen LogP contribution < -0.4 is 0 Å². The maximum Gasteiger partial charge on any atom is 0.311 e. The number of carbonyl (C=O) groups excluding carboxylic acids is 1. The van der Waals surface area contributed by atoms with E-state index in [0.717, 1.165) is 19.3 Å². The molecule has 5 nitrogen and oxygen atoms in total. The highest BCUT2D eigenvalue weighted by Crippen LogP contribution is 2.35. The molecule has 1 fully saturated rings. The molecule has 1 aliphatic heterocycles. The van der Waals surface area contributed by atoms with Crippen molar-refractivity contribution in [2.45, 2.75) is 38.5 Å². The van der Waals surface area contributed by atoms with Gasteiger partial charge in [-0.05, 0) is 61.8 Å². The van der Waals surface area contributed by atoms with E-state index in [9.17, 15) is 14.7 Å². The smallest absolute Gasteiger partial charge is 0.311 e. The molecule has 0 radical (unpaired) electrons. The van der Waals surface area contributed by atoms with Crippen molar-refractivity contribution >= 4 is 11.9 Å². The number of carbonyl (C=O) groups is 2. The number of ether oxygens (including phenoxy) is 1. The molecular formula is C19H25NO4. The summed E-state index contributed by atoms with van der Waals surface area (Å²) in [6.07, 6.45) is 5.02. The Balaban J connectivity index is 1.78. The van der Waals surface area contributed by atoms with Crippen LogP contribution in [-0.2, 0) is 22.4 Å². The second-order valence-corrected chi connectivity index (χ2v) is 7.00. The second kappa shape index (κ2) is 6.93. The number of amides is 1. The van der Waals surface area contributed by atoms with Crippen LogP contribution in [0.15, 0.2) is 18.2 Å². The molecule has 2 aliphatic rings. The number of nitrogens with zero attached hydrogens (tertiary/aromatic N) is 1. The minimum Gasteiger partial charge on any atom is -0.481 e. The van der Waals surface area contributed by atoms with Gasteiger partial charge in [0.1, 0.15) is 0 Å². The SMILES string of the molecule is COCCC1(C(=O)O)CCCN(C(=O)c2ccc3c(c2)CCC3)C1. The molecule has 5 heteroatoms. The van der Waals surface area contributed by atoms with Crippen LogP contribution in [0.25, 0.3) is 0 Å². The van der Waals surface area contributed by atoms with E-state index in [1.165, 1.54) is 11.1 Å². The monoisotopic (exact) mass is 331 g/mol. The third-order valence-corrected chi connectivity index (χ3v) is 5.45. The lowest BCUT2D eigenvalue weighted by atomic mass is 9.77. The highest BCUT2D eigenvalue weighted by atomic mass is 16.5. The number of aliphatic carboxylic acids is 1. The molecule has 0 aromatic heterocycles. The summed E-state index contributed by atoms with van der Waals surface area (Å²) < 4.78 is 5.08. The van der Waals surface area contributed by atoms with Gasteiger partial charge < -0.3 is 14.7 Å². The Morgan fingerprint density at radius 1 is 1.25 bits per heavy atom. The van der Waals surface area contributed by atoms with Gasteiger partial charge in [0.05, 0.1) is 5.41 Å². The first-order valence-electron chi connectivity index (χ1n) is 8.69. The van der Waals surface area contributed by atoms with Crippen molar-refractivity contribution in [3.05, 3.63) is 34.9 Å². The fraction of sp³-hybridized carbons (Fsp3) is 0.579. The van der Waals surface area contributed by atoms with Crippen LogP contribution in [0, 0.1) is 5.41 Å². The summed E-state index contributed by atoms with van der Waals surface area (Å²) in [4.78, 5) is 26.4. The van der Waals surface area contributed by atoms with Crippen LogP contribution >= 0.6 is 0 Å². The predicted octanol–water partition coefficient (Wildman–Crippen LogP) is 2.52. The number of methoxy groups -OCH3 is 1. The first kappa shape index (κ1) is 17.0. The van der Waals surface area contributed by atoms with Gasteiger partial charge in [0.25, 0.3) is 5.91 Å². The van der Waals surface area contributed by atoms with E-state index in [2.05, 4.69) is 6.07 Å². The average Bonchev–Trinajstić information content (AvgIpc) is 3.07. The Morgan fingerprint density at radius 2 is 2.04 bits per heavy atom. The number of likely N-dealkylation sites (tertiary alicyclic amines) is 1. The summed E-state index contributed by atoms with van der Waals surface area (Å²) in [5.74, 6) is -0.876. The highest BCUT2D eigenvalue weighted by Gasteiger charge is 2.43. The van der Waals surface area contributed by atoms with Crippen LogP contribution in [0.4, 0.5) is 0 Å². The van der Waals surface area contributed by atoms with Gasteiger partial charge >= 0.3 is 5.97 Å². The van der Waals surface area contributed by atoms with E-state index in [1.807, 2.05) is 12.1 Å². The van der Waals surface area contributed by atoms with Crippen molar-refractivity contribution in [3.8, 4) is 0 Å². The molecular weight excluding hydrogens is 306 g/mol. The number of fused-ring (bicyclic) bond motifs is 1. The fourth-order valence-corrected chi connectivity index (χ4v) is 3.98. The zero-order valence-corrected chi connectivity index (χ0v) is 14.2. The lowest BCUT2D eigenvalue weighted by molar-refractivity contribution is -0.153. The molecule has 3 rings (SSSR count). The largest absolute Gasteiger partial charge is 0.481 e. The predicted molar refractivity (Wildman–Crippen MR) is 90.2 cm³/mol. The van der Waals surface area contributed by atoms with E-state index in [1.54, 1.807) is 12.0 Å². The Morgan fingerprint density at radius 3 is 2.79 bits per heavy atom. The van der Waals surface area contributed by atoms with Gasteiger partial charge in [-0.3, -0.25) is 9.59 Å². The van der Waals surface area contributed by atoms with Crippen LogP contribution in [0.2, 0.25) is 0 Å². The van der Waals surface area contributed by atoms with E-state index in [0.29, 0.717) is 38.0 Å². The summed E-state index contributed by atoms with van der Waals surface area (Å²) in [7, 11) is 1.58. The summed E-state index contributed by atoms with van der Waals surface area (Å²) in [6.45, 7) is 1.28. The third kappa shape index (κ3) is 3.18. The van der Waals surface area contributed by atoms with Crippen LogP contribution in [-0.4, -0.2) is 48.7 Å². The average molecular weight is 331 g/mol. The van der Waals surface area contributed by atoms with Crippen molar-refractivity contribution in [1.29, 1.82) is 0 Å². The van der Waals surface area contributed by atoms with Crippen molar-refractivity contribution < 1.29 is 19.4 Å². The van der Waals surface area contributed by atoms with Gasteiger partial charge in [0.2, 0.25) is 0 Å². The van der Waals surface area contributed by atoms with E-state index < -0.39 is 11.4 Å². The molecule has 1 heterocycles. The molecule has 1 aliphatic carbocycles. The fourth-order valence-electron chi connectivity index (χ4n) is 3.98. The van der Waals surface area contributed by atoms with E-state index in [4.69, 9.17) is 4.74 Å². The lowest BCUT2D eigenvalue weighted by Crippen LogP contribution is -2.50. The molecule has 1 amide bonds. The maximum absolute atomic E-state index is 12.9.